The molecule has 2 atom stereocenters. The Morgan fingerprint density at radius 1 is 1.41 bits per heavy atom. The normalized spacial score (nSPS) is 29.8. The highest BCUT2D eigenvalue weighted by molar-refractivity contribution is 5.98. The van der Waals surface area contributed by atoms with Gasteiger partial charge in [-0.25, -0.2) is 4.39 Å². The van der Waals surface area contributed by atoms with E-state index in [1.165, 1.54) is 6.07 Å². The van der Waals surface area contributed by atoms with Crippen molar-refractivity contribution in [3.8, 4) is 0 Å². The monoisotopic (exact) mass is 235 g/mol. The Bertz CT molecular complexity index is 467. The van der Waals surface area contributed by atoms with Gasteiger partial charge in [0.25, 0.3) is 5.91 Å². The molecule has 1 aromatic rings. The molecule has 4 nitrogen and oxygen atoms in total. The van der Waals surface area contributed by atoms with E-state index in [1.54, 1.807) is 12.1 Å². The molecule has 1 aliphatic carbocycles. The van der Waals surface area contributed by atoms with Gasteiger partial charge in [0, 0.05) is 19.1 Å². The number of halogens is 1. The molecule has 5 heteroatoms. The lowest BCUT2D eigenvalue weighted by molar-refractivity contribution is 0.0997. The Labute approximate surface area is 98.4 Å². The number of primary amides is 1. The molecular formula is C12H14FN3O. The molecule has 0 spiro atoms. The smallest absolute Gasteiger partial charge is 0.253 e. The lowest BCUT2D eigenvalue weighted by Crippen LogP contribution is -2.23. The zero-order valence-electron chi connectivity index (χ0n) is 9.24. The van der Waals surface area contributed by atoms with Crippen LogP contribution >= 0.6 is 0 Å². The lowest BCUT2D eigenvalue weighted by Gasteiger charge is -2.12. The summed E-state index contributed by atoms with van der Waals surface area (Å²) >= 11 is 0. The fourth-order valence-electron chi connectivity index (χ4n) is 2.71. The first kappa shape index (κ1) is 10.5. The van der Waals surface area contributed by atoms with E-state index in [-0.39, 0.29) is 5.56 Å². The number of hydrogen-bond donors (Lipinski definition) is 3. The van der Waals surface area contributed by atoms with Gasteiger partial charge >= 0.3 is 0 Å². The van der Waals surface area contributed by atoms with E-state index in [4.69, 9.17) is 5.73 Å². The van der Waals surface area contributed by atoms with Gasteiger partial charge in [-0.2, -0.15) is 0 Å². The van der Waals surface area contributed by atoms with Gasteiger partial charge in [-0.3, -0.25) is 4.79 Å². The van der Waals surface area contributed by atoms with Crippen molar-refractivity contribution in [2.24, 2.45) is 17.6 Å². The van der Waals surface area contributed by atoms with Crippen LogP contribution in [0.15, 0.2) is 18.2 Å². The molecule has 2 fully saturated rings. The number of nitrogens with two attached hydrogens (primary N) is 1. The number of carbonyl (C=O) groups excluding carboxylic acids is 1. The minimum atomic E-state index is -0.727. The predicted octanol–water partition coefficient (Wildman–Crippen LogP) is 0.554. The Balaban J connectivity index is 1.83. The van der Waals surface area contributed by atoms with Crippen LogP contribution in [-0.2, 0) is 0 Å². The Morgan fingerprint density at radius 3 is 2.76 bits per heavy atom. The molecule has 1 saturated heterocycles. The van der Waals surface area contributed by atoms with Crippen LogP contribution in [0.25, 0.3) is 0 Å². The molecule has 17 heavy (non-hydrogen) atoms. The van der Waals surface area contributed by atoms with E-state index < -0.39 is 11.7 Å². The molecule has 1 amide bonds. The molecule has 0 bridgehead atoms. The van der Waals surface area contributed by atoms with Crippen LogP contribution in [0.5, 0.6) is 0 Å². The van der Waals surface area contributed by atoms with Crippen molar-refractivity contribution in [2.45, 2.75) is 6.04 Å². The zero-order chi connectivity index (χ0) is 12.0. The first-order valence-electron chi connectivity index (χ1n) is 5.74. The molecule has 1 saturated carbocycles. The van der Waals surface area contributed by atoms with Gasteiger partial charge in [0.2, 0.25) is 0 Å². The second kappa shape index (κ2) is 3.70. The average molecular weight is 235 g/mol. The van der Waals surface area contributed by atoms with Gasteiger partial charge in [0.15, 0.2) is 0 Å². The summed E-state index contributed by atoms with van der Waals surface area (Å²) in [5, 5.41) is 6.51. The maximum absolute atomic E-state index is 13.5. The van der Waals surface area contributed by atoms with E-state index in [2.05, 4.69) is 10.6 Å². The van der Waals surface area contributed by atoms with Crippen molar-refractivity contribution in [1.82, 2.24) is 5.32 Å². The number of fused-ring (bicyclic) bond motifs is 1. The molecule has 0 aromatic heterocycles. The third kappa shape index (κ3) is 1.67. The topological polar surface area (TPSA) is 67.2 Å². The van der Waals surface area contributed by atoms with Crippen LogP contribution in [0.4, 0.5) is 10.1 Å². The molecule has 0 radical (unpaired) electrons. The van der Waals surface area contributed by atoms with E-state index in [0.717, 1.165) is 13.1 Å². The third-order valence-corrected chi connectivity index (χ3v) is 3.67. The van der Waals surface area contributed by atoms with Crippen LogP contribution in [0, 0.1) is 17.7 Å². The molecule has 2 unspecified atom stereocenters. The number of anilines is 1. The van der Waals surface area contributed by atoms with Crippen LogP contribution in [0.1, 0.15) is 10.4 Å². The first-order chi connectivity index (χ1) is 8.18. The highest BCUT2D eigenvalue weighted by Crippen LogP contribution is 2.44. The van der Waals surface area contributed by atoms with E-state index in [9.17, 15) is 9.18 Å². The quantitative estimate of drug-likeness (QED) is 0.717. The number of carbonyl (C=O) groups is 1. The molecule has 2 aliphatic rings. The Kier molecular flexibility index (Phi) is 2.29. The largest absolute Gasteiger partial charge is 0.381 e. The maximum Gasteiger partial charge on any atom is 0.253 e. The SMILES string of the molecule is NC(=O)c1c(F)cccc1NC1C2CNCC21. The van der Waals surface area contributed by atoms with Crippen molar-refractivity contribution in [3.63, 3.8) is 0 Å². The summed E-state index contributed by atoms with van der Waals surface area (Å²) in [6.07, 6.45) is 0. The average Bonchev–Trinajstić information content (AvgIpc) is 2.74. The summed E-state index contributed by atoms with van der Waals surface area (Å²) in [6.45, 7) is 1.98. The van der Waals surface area contributed by atoms with Gasteiger partial charge in [0.05, 0.1) is 11.3 Å². The highest BCUT2D eigenvalue weighted by atomic mass is 19.1. The number of rotatable bonds is 3. The molecule has 1 aliphatic heterocycles. The number of nitrogens with one attached hydrogen (secondary N) is 2. The van der Waals surface area contributed by atoms with Gasteiger partial charge in [0.1, 0.15) is 5.82 Å². The number of piperidine rings is 1. The molecule has 3 rings (SSSR count). The minimum Gasteiger partial charge on any atom is -0.381 e. The van der Waals surface area contributed by atoms with Crippen LogP contribution in [0.2, 0.25) is 0 Å². The summed E-state index contributed by atoms with van der Waals surface area (Å²) in [6, 6.07) is 4.88. The summed E-state index contributed by atoms with van der Waals surface area (Å²) in [5.41, 5.74) is 5.67. The second-order valence-electron chi connectivity index (χ2n) is 4.68. The fraction of sp³-hybridized carbons (Fsp3) is 0.417. The van der Waals surface area contributed by atoms with Crippen molar-refractivity contribution in [2.75, 3.05) is 18.4 Å². The molecule has 4 N–H and O–H groups in total. The predicted molar refractivity (Wildman–Crippen MR) is 62.2 cm³/mol. The van der Waals surface area contributed by atoms with Gasteiger partial charge in [-0.15, -0.1) is 0 Å². The van der Waals surface area contributed by atoms with E-state index in [1.807, 2.05) is 0 Å². The van der Waals surface area contributed by atoms with Crippen LogP contribution in [0.3, 0.4) is 0 Å². The van der Waals surface area contributed by atoms with Crippen LogP contribution in [-0.4, -0.2) is 25.0 Å². The van der Waals surface area contributed by atoms with Crippen LogP contribution < -0.4 is 16.4 Å². The molecule has 1 aromatic carbocycles. The summed E-state index contributed by atoms with van der Waals surface area (Å²) in [7, 11) is 0. The van der Waals surface area contributed by atoms with Gasteiger partial charge < -0.3 is 16.4 Å². The van der Waals surface area contributed by atoms with E-state index >= 15 is 0 Å². The number of benzene rings is 1. The molecule has 1 heterocycles. The maximum atomic E-state index is 13.5. The summed E-state index contributed by atoms with van der Waals surface area (Å²) < 4.78 is 13.5. The lowest BCUT2D eigenvalue weighted by atomic mass is 10.1. The minimum absolute atomic E-state index is 0.0366. The molecule has 90 valence electrons. The van der Waals surface area contributed by atoms with Gasteiger partial charge in [-0.1, -0.05) is 6.07 Å². The summed E-state index contributed by atoms with van der Waals surface area (Å²) in [4.78, 5) is 11.2. The number of hydrogen-bond acceptors (Lipinski definition) is 3. The molecular weight excluding hydrogens is 221 g/mol. The second-order valence-corrected chi connectivity index (χ2v) is 4.68. The Hall–Kier alpha value is -1.62. The number of amides is 1. The fourth-order valence-corrected chi connectivity index (χ4v) is 2.71. The van der Waals surface area contributed by atoms with Crippen molar-refractivity contribution < 1.29 is 9.18 Å². The van der Waals surface area contributed by atoms with Gasteiger partial charge in [-0.05, 0) is 24.0 Å². The highest BCUT2D eigenvalue weighted by Gasteiger charge is 2.53. The van der Waals surface area contributed by atoms with Crippen molar-refractivity contribution in [3.05, 3.63) is 29.6 Å². The van der Waals surface area contributed by atoms with E-state index in [0.29, 0.717) is 23.6 Å². The third-order valence-electron chi connectivity index (χ3n) is 3.67. The van der Waals surface area contributed by atoms with Crippen molar-refractivity contribution in [1.29, 1.82) is 0 Å². The summed E-state index contributed by atoms with van der Waals surface area (Å²) in [5.74, 6) is -0.0982. The zero-order valence-corrected chi connectivity index (χ0v) is 9.24. The Morgan fingerprint density at radius 2 is 2.12 bits per heavy atom. The standard InChI is InChI=1S/C12H14FN3O/c13-8-2-1-3-9(10(8)12(14)17)16-11-6-4-15-5-7(6)11/h1-3,6-7,11,15-16H,4-5H2,(H2,14,17). The first-order valence-corrected chi connectivity index (χ1v) is 5.74. The van der Waals surface area contributed by atoms with Crippen molar-refractivity contribution >= 4 is 11.6 Å².